The second-order valence-electron chi connectivity index (χ2n) is 9.54. The SMILES string of the molecule is CC(C)(C)c1ccc(CN[C@@H](CCC(N)=O)C(=O)OC(=O)c2ccc(-c3ccccc3)cc2)cc1. The highest BCUT2D eigenvalue weighted by Crippen LogP contribution is 2.22. The molecular formula is C29H32N2O4. The van der Waals surface area contributed by atoms with Gasteiger partial charge in [-0.2, -0.15) is 0 Å². The van der Waals surface area contributed by atoms with Crippen molar-refractivity contribution < 1.29 is 19.1 Å². The van der Waals surface area contributed by atoms with Gasteiger partial charge in [-0.15, -0.1) is 0 Å². The third-order valence-corrected chi connectivity index (χ3v) is 5.76. The van der Waals surface area contributed by atoms with Crippen molar-refractivity contribution in [1.29, 1.82) is 0 Å². The zero-order valence-corrected chi connectivity index (χ0v) is 20.4. The molecule has 3 rings (SSSR count). The first-order valence-electron chi connectivity index (χ1n) is 11.7. The second-order valence-corrected chi connectivity index (χ2v) is 9.54. The Hall–Kier alpha value is -3.77. The van der Waals surface area contributed by atoms with Crippen molar-refractivity contribution in [2.75, 3.05) is 0 Å². The van der Waals surface area contributed by atoms with Gasteiger partial charge in [0, 0.05) is 13.0 Å². The summed E-state index contributed by atoms with van der Waals surface area (Å²) in [5, 5.41) is 3.10. The van der Waals surface area contributed by atoms with E-state index in [1.165, 1.54) is 5.56 Å². The molecule has 0 aliphatic rings. The summed E-state index contributed by atoms with van der Waals surface area (Å²) in [5.41, 5.74) is 9.73. The lowest BCUT2D eigenvalue weighted by Crippen LogP contribution is -2.39. The number of rotatable bonds is 9. The van der Waals surface area contributed by atoms with Crippen LogP contribution in [0.2, 0.25) is 0 Å². The number of nitrogens with two attached hydrogens (primary N) is 1. The summed E-state index contributed by atoms with van der Waals surface area (Å²) in [4.78, 5) is 36.7. The van der Waals surface area contributed by atoms with E-state index in [0.717, 1.165) is 16.7 Å². The molecule has 6 nitrogen and oxygen atoms in total. The first-order valence-corrected chi connectivity index (χ1v) is 11.7. The monoisotopic (exact) mass is 472 g/mol. The van der Waals surface area contributed by atoms with E-state index in [9.17, 15) is 14.4 Å². The minimum Gasteiger partial charge on any atom is -0.388 e. The van der Waals surface area contributed by atoms with Gasteiger partial charge < -0.3 is 15.8 Å². The molecule has 3 aromatic rings. The van der Waals surface area contributed by atoms with Crippen LogP contribution >= 0.6 is 0 Å². The molecule has 0 heterocycles. The summed E-state index contributed by atoms with van der Waals surface area (Å²) in [5.74, 6) is -2.01. The van der Waals surface area contributed by atoms with Gasteiger partial charge in [-0.3, -0.25) is 4.79 Å². The predicted molar refractivity (Wildman–Crippen MR) is 136 cm³/mol. The fraction of sp³-hybridized carbons (Fsp3) is 0.276. The molecule has 0 saturated carbocycles. The van der Waals surface area contributed by atoms with Crippen LogP contribution in [-0.2, 0) is 26.3 Å². The number of hydrogen-bond acceptors (Lipinski definition) is 5. The van der Waals surface area contributed by atoms with E-state index in [1.54, 1.807) is 24.3 Å². The summed E-state index contributed by atoms with van der Waals surface area (Å²) in [6.45, 7) is 6.80. The molecule has 3 N–H and O–H groups in total. The number of primary amides is 1. The van der Waals surface area contributed by atoms with E-state index in [-0.39, 0.29) is 23.8 Å². The summed E-state index contributed by atoms with van der Waals surface area (Å²) < 4.78 is 5.14. The van der Waals surface area contributed by atoms with Gasteiger partial charge in [0.15, 0.2) is 0 Å². The zero-order valence-electron chi connectivity index (χ0n) is 20.4. The maximum absolute atomic E-state index is 12.8. The van der Waals surface area contributed by atoms with Gasteiger partial charge in [0.1, 0.15) is 6.04 Å². The van der Waals surface area contributed by atoms with Crippen molar-refractivity contribution in [2.24, 2.45) is 5.73 Å². The van der Waals surface area contributed by atoms with Crippen molar-refractivity contribution in [3.8, 4) is 11.1 Å². The van der Waals surface area contributed by atoms with Gasteiger partial charge >= 0.3 is 11.9 Å². The summed E-state index contributed by atoms with van der Waals surface area (Å²) in [7, 11) is 0. The van der Waals surface area contributed by atoms with Gasteiger partial charge in [0.05, 0.1) is 5.56 Å². The second kappa shape index (κ2) is 11.6. The van der Waals surface area contributed by atoms with E-state index in [2.05, 4.69) is 38.2 Å². The third-order valence-electron chi connectivity index (χ3n) is 5.76. The van der Waals surface area contributed by atoms with Gasteiger partial charge in [0.25, 0.3) is 0 Å². The molecule has 0 radical (unpaired) electrons. The van der Waals surface area contributed by atoms with Gasteiger partial charge in [-0.1, -0.05) is 87.5 Å². The van der Waals surface area contributed by atoms with Crippen LogP contribution in [-0.4, -0.2) is 23.9 Å². The Balaban J connectivity index is 1.64. The van der Waals surface area contributed by atoms with Crippen LogP contribution in [0.1, 0.15) is 55.1 Å². The standard InChI is InChI=1S/C29H32N2O4/c1-29(2,3)24-15-9-20(10-16-24)19-31-25(17-18-26(30)32)28(34)35-27(33)23-13-11-22(12-14-23)21-7-5-4-6-8-21/h4-16,25,31H,17-19H2,1-3H3,(H2,30,32)/t25-/m0/s1. The molecule has 35 heavy (non-hydrogen) atoms. The highest BCUT2D eigenvalue weighted by Gasteiger charge is 2.24. The van der Waals surface area contributed by atoms with Crippen molar-refractivity contribution in [1.82, 2.24) is 5.32 Å². The Morgan fingerprint density at radius 3 is 2.03 bits per heavy atom. The molecular weight excluding hydrogens is 440 g/mol. The molecule has 0 aliphatic heterocycles. The normalized spacial score (nSPS) is 12.1. The van der Waals surface area contributed by atoms with Crippen molar-refractivity contribution in [2.45, 2.75) is 51.6 Å². The lowest BCUT2D eigenvalue weighted by molar-refractivity contribution is -0.140. The molecule has 1 amide bonds. The van der Waals surface area contributed by atoms with E-state index >= 15 is 0 Å². The molecule has 6 heteroatoms. The molecule has 0 aromatic heterocycles. The Morgan fingerprint density at radius 1 is 0.857 bits per heavy atom. The quantitative estimate of drug-likeness (QED) is 0.346. The van der Waals surface area contributed by atoms with Crippen molar-refractivity contribution in [3.63, 3.8) is 0 Å². The molecule has 0 spiro atoms. The molecule has 0 bridgehead atoms. The minimum absolute atomic E-state index is 0.00427. The number of hydrogen-bond donors (Lipinski definition) is 2. The molecule has 0 saturated heterocycles. The Kier molecular flexibility index (Phi) is 8.55. The number of benzene rings is 3. The Morgan fingerprint density at radius 2 is 1.46 bits per heavy atom. The molecule has 182 valence electrons. The van der Waals surface area contributed by atoms with E-state index in [0.29, 0.717) is 6.54 Å². The minimum atomic E-state index is -0.850. The van der Waals surface area contributed by atoms with Gasteiger partial charge in [-0.25, -0.2) is 9.59 Å². The van der Waals surface area contributed by atoms with Crippen LogP contribution in [0.3, 0.4) is 0 Å². The van der Waals surface area contributed by atoms with Crippen LogP contribution in [0.4, 0.5) is 0 Å². The van der Waals surface area contributed by atoms with Gasteiger partial charge in [0.2, 0.25) is 5.91 Å². The maximum Gasteiger partial charge on any atom is 0.345 e. The number of carbonyl (C=O) groups is 3. The smallest absolute Gasteiger partial charge is 0.345 e. The number of amides is 1. The average molecular weight is 473 g/mol. The largest absolute Gasteiger partial charge is 0.388 e. The first-order chi connectivity index (χ1) is 16.6. The van der Waals surface area contributed by atoms with Crippen LogP contribution in [0.5, 0.6) is 0 Å². The molecule has 0 unspecified atom stereocenters. The Labute approximate surface area is 206 Å². The lowest BCUT2D eigenvalue weighted by atomic mass is 9.87. The van der Waals surface area contributed by atoms with Crippen LogP contribution in [0.15, 0.2) is 78.9 Å². The number of ether oxygens (including phenoxy) is 1. The lowest BCUT2D eigenvalue weighted by Gasteiger charge is -2.20. The number of esters is 2. The third kappa shape index (κ3) is 7.62. The summed E-state index contributed by atoms with van der Waals surface area (Å²) >= 11 is 0. The zero-order chi connectivity index (χ0) is 25.4. The maximum atomic E-state index is 12.8. The van der Waals surface area contributed by atoms with Crippen molar-refractivity contribution >= 4 is 17.8 Å². The van der Waals surface area contributed by atoms with Crippen molar-refractivity contribution in [3.05, 3.63) is 95.6 Å². The molecule has 0 fully saturated rings. The van der Waals surface area contributed by atoms with E-state index in [4.69, 9.17) is 10.5 Å². The fourth-order valence-electron chi connectivity index (χ4n) is 3.60. The summed E-state index contributed by atoms with van der Waals surface area (Å²) in [6, 6.07) is 23.9. The molecule has 3 aromatic carbocycles. The van der Waals surface area contributed by atoms with Crippen LogP contribution in [0, 0.1) is 0 Å². The highest BCUT2D eigenvalue weighted by atomic mass is 16.6. The van der Waals surface area contributed by atoms with Gasteiger partial charge in [-0.05, 0) is 46.2 Å². The molecule has 0 aliphatic carbocycles. The highest BCUT2D eigenvalue weighted by molar-refractivity contribution is 5.98. The number of carbonyl (C=O) groups excluding carboxylic acids is 3. The Bertz CT molecular complexity index is 1150. The topological polar surface area (TPSA) is 98.5 Å². The van der Waals surface area contributed by atoms with E-state index in [1.807, 2.05) is 42.5 Å². The van der Waals surface area contributed by atoms with Crippen LogP contribution in [0.25, 0.3) is 11.1 Å². The predicted octanol–water partition coefficient (Wildman–Crippen LogP) is 4.76. The number of nitrogens with one attached hydrogen (secondary N) is 1. The molecule has 1 atom stereocenters. The first kappa shape index (κ1) is 25.8. The van der Waals surface area contributed by atoms with E-state index < -0.39 is 23.9 Å². The average Bonchev–Trinajstić information content (AvgIpc) is 2.84. The summed E-state index contributed by atoms with van der Waals surface area (Å²) in [6.07, 6.45) is 0.129. The van der Waals surface area contributed by atoms with Crippen LogP contribution < -0.4 is 11.1 Å². The fourth-order valence-corrected chi connectivity index (χ4v) is 3.60.